The van der Waals surface area contributed by atoms with Gasteiger partial charge in [-0.25, -0.2) is 4.52 Å². The van der Waals surface area contributed by atoms with Gasteiger partial charge >= 0.3 is 0 Å². The molecule has 0 amide bonds. The molecule has 0 saturated carbocycles. The SMILES string of the molecule is c1cnc2ccc3ccnn3c2c1. The summed E-state index contributed by atoms with van der Waals surface area (Å²) < 4.78 is 1.89. The molecule has 3 aromatic heterocycles. The van der Waals surface area contributed by atoms with Gasteiger partial charge < -0.3 is 0 Å². The van der Waals surface area contributed by atoms with E-state index in [0.29, 0.717) is 0 Å². The number of fused-ring (bicyclic) bond motifs is 3. The van der Waals surface area contributed by atoms with Gasteiger partial charge in [-0.2, -0.15) is 5.10 Å². The molecule has 13 heavy (non-hydrogen) atoms. The van der Waals surface area contributed by atoms with Crippen molar-refractivity contribution in [2.45, 2.75) is 0 Å². The molecule has 0 unspecified atom stereocenters. The van der Waals surface area contributed by atoms with Crippen molar-refractivity contribution >= 4 is 16.6 Å². The molecule has 0 atom stereocenters. The standard InChI is InChI=1S/C10H7N3/c1-2-10-9(11-6-1)4-3-8-5-7-12-13(8)10/h1-7H. The molecule has 3 heteroatoms. The third kappa shape index (κ3) is 0.839. The van der Waals surface area contributed by atoms with Crippen LogP contribution in [0.15, 0.2) is 42.7 Å². The first-order valence-electron chi connectivity index (χ1n) is 4.13. The molecular weight excluding hydrogens is 162 g/mol. The van der Waals surface area contributed by atoms with Gasteiger partial charge in [0, 0.05) is 6.20 Å². The highest BCUT2D eigenvalue weighted by atomic mass is 15.2. The Hall–Kier alpha value is -1.90. The Kier molecular flexibility index (Phi) is 1.16. The van der Waals surface area contributed by atoms with Crippen molar-refractivity contribution in [2.75, 3.05) is 0 Å². The lowest BCUT2D eigenvalue weighted by Crippen LogP contribution is -1.90. The summed E-state index contributed by atoms with van der Waals surface area (Å²) in [5.74, 6) is 0. The van der Waals surface area contributed by atoms with E-state index in [2.05, 4.69) is 10.1 Å². The van der Waals surface area contributed by atoms with Gasteiger partial charge in [0.15, 0.2) is 0 Å². The van der Waals surface area contributed by atoms with Gasteiger partial charge in [0.05, 0.1) is 22.7 Å². The Morgan fingerprint density at radius 2 is 2.00 bits per heavy atom. The van der Waals surface area contributed by atoms with Crippen molar-refractivity contribution in [1.82, 2.24) is 14.6 Å². The van der Waals surface area contributed by atoms with Crippen LogP contribution in [0.3, 0.4) is 0 Å². The molecule has 0 N–H and O–H groups in total. The predicted molar refractivity (Wildman–Crippen MR) is 50.5 cm³/mol. The Labute approximate surface area is 74.6 Å². The molecule has 0 spiro atoms. The molecule has 0 aliphatic heterocycles. The molecule has 62 valence electrons. The van der Waals surface area contributed by atoms with Gasteiger partial charge in [-0.1, -0.05) is 0 Å². The van der Waals surface area contributed by atoms with E-state index < -0.39 is 0 Å². The summed E-state index contributed by atoms with van der Waals surface area (Å²) in [5, 5.41) is 4.22. The van der Waals surface area contributed by atoms with Crippen LogP contribution in [-0.2, 0) is 0 Å². The molecule has 0 aromatic carbocycles. The third-order valence-corrected chi connectivity index (χ3v) is 2.13. The second-order valence-corrected chi connectivity index (χ2v) is 2.91. The quantitative estimate of drug-likeness (QED) is 0.514. The average molecular weight is 169 g/mol. The molecule has 0 radical (unpaired) electrons. The van der Waals surface area contributed by atoms with E-state index in [1.165, 1.54) is 0 Å². The van der Waals surface area contributed by atoms with E-state index in [1.54, 1.807) is 12.4 Å². The predicted octanol–water partition coefficient (Wildman–Crippen LogP) is 1.88. The minimum atomic E-state index is 0.971. The van der Waals surface area contributed by atoms with E-state index in [1.807, 2.05) is 34.8 Å². The molecule has 0 aliphatic carbocycles. The maximum Gasteiger partial charge on any atom is 0.0909 e. The zero-order valence-corrected chi connectivity index (χ0v) is 6.88. The molecule has 0 bridgehead atoms. The Balaban J connectivity index is 2.65. The average Bonchev–Trinajstić information content (AvgIpc) is 2.65. The molecule has 3 nitrogen and oxygen atoms in total. The molecule has 3 aromatic rings. The van der Waals surface area contributed by atoms with E-state index in [0.717, 1.165) is 16.6 Å². The van der Waals surface area contributed by atoms with Crippen LogP contribution < -0.4 is 0 Å². The van der Waals surface area contributed by atoms with Crippen LogP contribution in [0.1, 0.15) is 0 Å². The van der Waals surface area contributed by atoms with Crippen molar-refractivity contribution in [1.29, 1.82) is 0 Å². The van der Waals surface area contributed by atoms with Crippen LogP contribution in [0.5, 0.6) is 0 Å². The number of pyridine rings is 2. The van der Waals surface area contributed by atoms with Crippen LogP contribution in [-0.4, -0.2) is 14.6 Å². The molecule has 0 saturated heterocycles. The number of hydrogen-bond donors (Lipinski definition) is 0. The summed E-state index contributed by atoms with van der Waals surface area (Å²) in [7, 11) is 0. The number of rotatable bonds is 0. The highest BCUT2D eigenvalue weighted by Gasteiger charge is 1.98. The second kappa shape index (κ2) is 2.29. The van der Waals surface area contributed by atoms with Crippen molar-refractivity contribution in [3.63, 3.8) is 0 Å². The molecule has 3 rings (SSSR count). The lowest BCUT2D eigenvalue weighted by atomic mass is 10.3. The van der Waals surface area contributed by atoms with Gasteiger partial charge in [0.25, 0.3) is 0 Å². The van der Waals surface area contributed by atoms with Crippen LogP contribution in [0.2, 0.25) is 0 Å². The van der Waals surface area contributed by atoms with E-state index >= 15 is 0 Å². The first-order valence-corrected chi connectivity index (χ1v) is 4.13. The van der Waals surface area contributed by atoms with Gasteiger partial charge in [-0.3, -0.25) is 4.98 Å². The van der Waals surface area contributed by atoms with E-state index in [4.69, 9.17) is 0 Å². The summed E-state index contributed by atoms with van der Waals surface area (Å²) in [6.07, 6.45) is 3.58. The summed E-state index contributed by atoms with van der Waals surface area (Å²) in [4.78, 5) is 4.25. The first kappa shape index (κ1) is 6.60. The summed E-state index contributed by atoms with van der Waals surface area (Å²) >= 11 is 0. The van der Waals surface area contributed by atoms with Crippen LogP contribution in [0.25, 0.3) is 16.6 Å². The molecule has 0 aliphatic rings. The minimum absolute atomic E-state index is 0.971. The number of hydrogen-bond acceptors (Lipinski definition) is 2. The van der Waals surface area contributed by atoms with Crippen molar-refractivity contribution < 1.29 is 0 Å². The number of nitrogens with zero attached hydrogens (tertiary/aromatic N) is 3. The Bertz CT molecular complexity index is 568. The molecular formula is C10H7N3. The van der Waals surface area contributed by atoms with Gasteiger partial charge in [0.1, 0.15) is 0 Å². The van der Waals surface area contributed by atoms with Crippen molar-refractivity contribution in [2.24, 2.45) is 0 Å². The zero-order valence-electron chi connectivity index (χ0n) is 6.88. The smallest absolute Gasteiger partial charge is 0.0909 e. The lowest BCUT2D eigenvalue weighted by Gasteiger charge is -1.98. The topological polar surface area (TPSA) is 30.2 Å². The van der Waals surface area contributed by atoms with E-state index in [9.17, 15) is 0 Å². The maximum absolute atomic E-state index is 4.25. The largest absolute Gasteiger partial charge is 0.255 e. The zero-order chi connectivity index (χ0) is 8.67. The summed E-state index contributed by atoms with van der Waals surface area (Å²) in [5.41, 5.74) is 3.12. The van der Waals surface area contributed by atoms with Gasteiger partial charge in [0.2, 0.25) is 0 Å². The highest BCUT2D eigenvalue weighted by molar-refractivity contribution is 5.78. The normalized spacial score (nSPS) is 11.1. The lowest BCUT2D eigenvalue weighted by molar-refractivity contribution is 1.00. The van der Waals surface area contributed by atoms with Gasteiger partial charge in [-0.05, 0) is 30.3 Å². The van der Waals surface area contributed by atoms with Crippen LogP contribution in [0.4, 0.5) is 0 Å². The van der Waals surface area contributed by atoms with E-state index in [-0.39, 0.29) is 0 Å². The third-order valence-electron chi connectivity index (χ3n) is 2.13. The van der Waals surface area contributed by atoms with Gasteiger partial charge in [-0.15, -0.1) is 0 Å². The van der Waals surface area contributed by atoms with Crippen LogP contribution in [0, 0.1) is 0 Å². The second-order valence-electron chi connectivity index (χ2n) is 2.91. The van der Waals surface area contributed by atoms with Crippen LogP contribution >= 0.6 is 0 Å². The fraction of sp³-hybridized carbons (Fsp3) is 0. The van der Waals surface area contributed by atoms with Crippen molar-refractivity contribution in [3.8, 4) is 0 Å². The fourth-order valence-corrected chi connectivity index (χ4v) is 1.52. The molecule has 0 fully saturated rings. The Morgan fingerprint density at radius 3 is 3.00 bits per heavy atom. The summed E-state index contributed by atoms with van der Waals surface area (Å²) in [6.45, 7) is 0. The number of aromatic nitrogens is 3. The fourth-order valence-electron chi connectivity index (χ4n) is 1.52. The monoisotopic (exact) mass is 169 g/mol. The van der Waals surface area contributed by atoms with Crippen molar-refractivity contribution in [3.05, 3.63) is 42.7 Å². The molecule has 3 heterocycles. The highest BCUT2D eigenvalue weighted by Crippen LogP contribution is 2.12. The maximum atomic E-state index is 4.25. The summed E-state index contributed by atoms with van der Waals surface area (Å²) in [6, 6.07) is 9.94. The Morgan fingerprint density at radius 1 is 1.00 bits per heavy atom. The minimum Gasteiger partial charge on any atom is -0.255 e. The first-order chi connectivity index (χ1) is 6.45.